The summed E-state index contributed by atoms with van der Waals surface area (Å²) >= 11 is 0. The summed E-state index contributed by atoms with van der Waals surface area (Å²) < 4.78 is 7.12. The van der Waals surface area contributed by atoms with Gasteiger partial charge >= 0.3 is 0 Å². The van der Waals surface area contributed by atoms with Crippen LogP contribution in [0.25, 0.3) is 11.2 Å². The maximum Gasteiger partial charge on any atom is 0.222 e. The van der Waals surface area contributed by atoms with Crippen LogP contribution in [-0.2, 0) is 4.74 Å². The third-order valence-electron chi connectivity index (χ3n) is 3.56. The Hall–Kier alpha value is -2.41. The minimum absolute atomic E-state index is 0.0626. The van der Waals surface area contributed by atoms with E-state index in [2.05, 4.69) is 20.9 Å². The Kier molecular flexibility index (Phi) is 2.94. The molecule has 1 aliphatic heterocycles. The third-order valence-corrected chi connectivity index (χ3v) is 3.56. The first-order valence-corrected chi connectivity index (χ1v) is 6.21. The van der Waals surface area contributed by atoms with E-state index in [9.17, 15) is 10.2 Å². The number of terminal acetylenes is 1. The lowest BCUT2D eigenvalue weighted by atomic mass is 9.99. The van der Waals surface area contributed by atoms with Crippen LogP contribution < -0.4 is 11.5 Å². The van der Waals surface area contributed by atoms with Gasteiger partial charge in [0, 0.05) is 6.42 Å². The normalized spacial score (nSPS) is 28.8. The Morgan fingerprint density at radius 1 is 1.52 bits per heavy atom. The number of anilines is 2. The molecule has 3 atom stereocenters. The highest BCUT2D eigenvalue weighted by Gasteiger charge is 2.48. The van der Waals surface area contributed by atoms with Gasteiger partial charge in [-0.3, -0.25) is 4.57 Å². The average molecular weight is 290 g/mol. The summed E-state index contributed by atoms with van der Waals surface area (Å²) in [5, 5.41) is 19.5. The zero-order valence-corrected chi connectivity index (χ0v) is 11.0. The minimum atomic E-state index is -1.47. The highest BCUT2D eigenvalue weighted by molar-refractivity contribution is 5.74. The molecule has 2 aromatic heterocycles. The number of fused-ring (bicyclic) bond motifs is 1. The van der Waals surface area contributed by atoms with Crippen molar-refractivity contribution in [2.24, 2.45) is 0 Å². The van der Waals surface area contributed by atoms with Gasteiger partial charge in [0.2, 0.25) is 11.9 Å². The van der Waals surface area contributed by atoms with Gasteiger partial charge in [0.25, 0.3) is 0 Å². The van der Waals surface area contributed by atoms with Crippen LogP contribution in [-0.4, -0.2) is 48.0 Å². The fourth-order valence-electron chi connectivity index (χ4n) is 2.43. The topological polar surface area (TPSA) is 145 Å². The summed E-state index contributed by atoms with van der Waals surface area (Å²) in [7, 11) is 0. The molecule has 9 nitrogen and oxygen atoms in total. The molecule has 110 valence electrons. The number of aromatic nitrogens is 4. The predicted molar refractivity (Wildman–Crippen MR) is 73.5 cm³/mol. The molecule has 0 saturated carbocycles. The Labute approximate surface area is 119 Å². The molecule has 3 heterocycles. The maximum absolute atomic E-state index is 10.1. The highest BCUT2D eigenvalue weighted by atomic mass is 16.6. The number of hydrogen-bond acceptors (Lipinski definition) is 8. The van der Waals surface area contributed by atoms with Gasteiger partial charge in [-0.15, -0.1) is 6.42 Å². The first-order chi connectivity index (χ1) is 10.0. The molecule has 6 N–H and O–H groups in total. The van der Waals surface area contributed by atoms with Crippen molar-refractivity contribution in [3.05, 3.63) is 6.20 Å². The van der Waals surface area contributed by atoms with Gasteiger partial charge in [-0.1, -0.05) is 5.92 Å². The van der Waals surface area contributed by atoms with E-state index in [1.54, 1.807) is 0 Å². The van der Waals surface area contributed by atoms with Crippen LogP contribution in [0.4, 0.5) is 11.9 Å². The minimum Gasteiger partial charge on any atom is -0.392 e. The van der Waals surface area contributed by atoms with Gasteiger partial charge in [-0.05, 0) is 0 Å². The summed E-state index contributed by atoms with van der Waals surface area (Å²) in [6.07, 6.45) is 5.21. The van der Waals surface area contributed by atoms with Crippen LogP contribution in [0.1, 0.15) is 12.6 Å². The molecular formula is C12H14N6O3. The summed E-state index contributed by atoms with van der Waals surface area (Å²) in [5.41, 5.74) is 10.8. The van der Waals surface area contributed by atoms with Gasteiger partial charge < -0.3 is 26.4 Å². The van der Waals surface area contributed by atoms with Crippen molar-refractivity contribution in [1.82, 2.24) is 19.5 Å². The van der Waals surface area contributed by atoms with Crippen LogP contribution in [0, 0.1) is 12.3 Å². The average Bonchev–Trinajstić information content (AvgIpc) is 2.95. The number of aliphatic hydroxyl groups excluding tert-OH is 2. The van der Waals surface area contributed by atoms with Crippen molar-refractivity contribution in [3.63, 3.8) is 0 Å². The molecule has 0 aliphatic carbocycles. The lowest BCUT2D eigenvalue weighted by Gasteiger charge is -2.24. The summed E-state index contributed by atoms with van der Waals surface area (Å²) in [6.45, 7) is -0.509. The van der Waals surface area contributed by atoms with Gasteiger partial charge in [-0.25, -0.2) is 9.97 Å². The van der Waals surface area contributed by atoms with E-state index < -0.39 is 24.5 Å². The zero-order valence-electron chi connectivity index (χ0n) is 11.0. The zero-order chi connectivity index (χ0) is 15.2. The van der Waals surface area contributed by atoms with Crippen LogP contribution >= 0.6 is 0 Å². The van der Waals surface area contributed by atoms with E-state index in [4.69, 9.17) is 22.6 Å². The summed E-state index contributed by atoms with van der Waals surface area (Å²) in [4.78, 5) is 12.0. The van der Waals surface area contributed by atoms with E-state index in [0.29, 0.717) is 11.2 Å². The van der Waals surface area contributed by atoms with Crippen molar-refractivity contribution >= 4 is 23.1 Å². The monoisotopic (exact) mass is 290 g/mol. The predicted octanol–water partition coefficient (Wildman–Crippen LogP) is -1.37. The van der Waals surface area contributed by atoms with Crippen LogP contribution in [0.3, 0.4) is 0 Å². The molecule has 0 unspecified atom stereocenters. The first kappa shape index (κ1) is 13.6. The smallest absolute Gasteiger partial charge is 0.222 e. The molecule has 0 bridgehead atoms. The molecule has 2 aromatic rings. The highest BCUT2D eigenvalue weighted by Crippen LogP contribution is 2.38. The van der Waals surface area contributed by atoms with E-state index in [0.717, 1.165) is 0 Å². The molecule has 1 aliphatic rings. The Bertz CT molecular complexity index is 738. The van der Waals surface area contributed by atoms with Crippen LogP contribution in [0.5, 0.6) is 0 Å². The number of rotatable bonds is 2. The largest absolute Gasteiger partial charge is 0.392 e. The molecule has 21 heavy (non-hydrogen) atoms. The molecule has 1 saturated heterocycles. The quantitative estimate of drug-likeness (QED) is 0.496. The number of aliphatic hydroxyl groups is 2. The Balaban J connectivity index is 2.08. The molecule has 1 fully saturated rings. The fourth-order valence-corrected chi connectivity index (χ4v) is 2.43. The second-order valence-corrected chi connectivity index (χ2v) is 4.79. The number of ether oxygens (including phenoxy) is 1. The van der Waals surface area contributed by atoms with E-state index >= 15 is 0 Å². The molecule has 0 aromatic carbocycles. The summed E-state index contributed by atoms with van der Waals surface area (Å²) in [5.74, 6) is 2.49. The second kappa shape index (κ2) is 4.56. The van der Waals surface area contributed by atoms with Crippen molar-refractivity contribution in [2.45, 2.75) is 24.4 Å². The SMILES string of the molecule is C#C[C@]1(CO)O[C@@H](n2c(N)nc3cnc(N)nc32)C[C@@H]1O. The van der Waals surface area contributed by atoms with Crippen LogP contribution in [0.2, 0.25) is 0 Å². The number of nitrogen functional groups attached to an aromatic ring is 2. The molecule has 0 amide bonds. The Morgan fingerprint density at radius 2 is 2.29 bits per heavy atom. The lowest BCUT2D eigenvalue weighted by molar-refractivity contribution is -0.0886. The van der Waals surface area contributed by atoms with Crippen molar-refractivity contribution < 1.29 is 14.9 Å². The number of hydrogen-bond donors (Lipinski definition) is 4. The fraction of sp³-hybridized carbons (Fsp3) is 0.417. The molecular weight excluding hydrogens is 276 g/mol. The number of nitrogens with two attached hydrogens (primary N) is 2. The van der Waals surface area contributed by atoms with Gasteiger partial charge in [0.05, 0.1) is 12.8 Å². The first-order valence-electron chi connectivity index (χ1n) is 6.21. The maximum atomic E-state index is 10.1. The van der Waals surface area contributed by atoms with E-state index in [-0.39, 0.29) is 18.3 Å². The van der Waals surface area contributed by atoms with Gasteiger partial charge in [0.15, 0.2) is 11.2 Å². The van der Waals surface area contributed by atoms with E-state index in [1.165, 1.54) is 10.8 Å². The Morgan fingerprint density at radius 3 is 2.90 bits per heavy atom. The van der Waals surface area contributed by atoms with Crippen LogP contribution in [0.15, 0.2) is 6.20 Å². The van der Waals surface area contributed by atoms with E-state index in [1.807, 2.05) is 0 Å². The van der Waals surface area contributed by atoms with Crippen molar-refractivity contribution in [3.8, 4) is 12.3 Å². The van der Waals surface area contributed by atoms with Crippen molar-refractivity contribution in [2.75, 3.05) is 18.1 Å². The molecule has 9 heteroatoms. The molecule has 0 radical (unpaired) electrons. The standard InChI is InChI=1S/C12H14N6O3/c1-2-12(5-19)7(20)3-8(21-12)18-9-6(16-11(18)14)4-15-10(13)17-9/h1,4,7-8,19-20H,3,5H2,(H2,14,16)(H2,13,15,17)/t7-,8+,12+/m0/s1. The van der Waals surface area contributed by atoms with Gasteiger partial charge in [0.1, 0.15) is 17.8 Å². The molecule has 3 rings (SSSR count). The second-order valence-electron chi connectivity index (χ2n) is 4.79. The number of imidazole rings is 1. The number of nitrogens with zero attached hydrogens (tertiary/aromatic N) is 4. The summed E-state index contributed by atoms with van der Waals surface area (Å²) in [6, 6.07) is 0. The van der Waals surface area contributed by atoms with Crippen molar-refractivity contribution in [1.29, 1.82) is 0 Å². The lowest BCUT2D eigenvalue weighted by Crippen LogP contribution is -2.41. The molecule has 0 spiro atoms. The van der Waals surface area contributed by atoms with Gasteiger partial charge in [-0.2, -0.15) is 4.98 Å². The third kappa shape index (κ3) is 1.89.